The van der Waals surface area contributed by atoms with Crippen LogP contribution in [0.3, 0.4) is 0 Å². The van der Waals surface area contributed by atoms with Gasteiger partial charge < -0.3 is 9.84 Å². The van der Waals surface area contributed by atoms with Gasteiger partial charge in [0.1, 0.15) is 0 Å². The molecule has 0 radical (unpaired) electrons. The number of carbonyl (C=O) groups is 2. The molecule has 0 saturated carbocycles. The molecule has 0 rings (SSSR count). The van der Waals surface area contributed by atoms with Crippen LogP contribution in [0.5, 0.6) is 0 Å². The first-order valence-corrected chi connectivity index (χ1v) is 4.69. The van der Waals surface area contributed by atoms with E-state index in [9.17, 15) is 9.59 Å². The minimum Gasteiger partial charge on any atom is -0.478 e. The second-order valence-corrected chi connectivity index (χ2v) is 3.09. The predicted octanol–water partition coefficient (Wildman–Crippen LogP) is 1.92. The number of rotatable bonds is 5. The van der Waals surface area contributed by atoms with Crippen molar-refractivity contribution in [1.29, 1.82) is 0 Å². The lowest BCUT2D eigenvalue weighted by atomic mass is 10.2. The van der Waals surface area contributed by atoms with Gasteiger partial charge in [0.2, 0.25) is 0 Å². The van der Waals surface area contributed by atoms with Crippen LogP contribution in [0.15, 0.2) is 23.3 Å². The molecule has 4 heteroatoms. The van der Waals surface area contributed by atoms with Gasteiger partial charge in [-0.25, -0.2) is 9.59 Å². The van der Waals surface area contributed by atoms with Crippen LogP contribution in [0.1, 0.15) is 27.2 Å². The van der Waals surface area contributed by atoms with Crippen molar-refractivity contribution in [2.75, 3.05) is 6.61 Å². The molecule has 0 spiro atoms. The van der Waals surface area contributed by atoms with Crippen LogP contribution < -0.4 is 0 Å². The zero-order chi connectivity index (χ0) is 11.8. The van der Waals surface area contributed by atoms with Crippen molar-refractivity contribution in [2.24, 2.45) is 0 Å². The number of aliphatic carboxylic acids is 1. The standard InChI is InChI=1S/C11H16O4/c1-4-8(2)11(14)15-7-5-6-9(3)10(12)13/h4,6H,5,7H2,1-3H3,(H,12,13). The largest absolute Gasteiger partial charge is 0.478 e. The topological polar surface area (TPSA) is 63.6 Å². The van der Waals surface area contributed by atoms with Gasteiger partial charge in [0.05, 0.1) is 6.61 Å². The number of allylic oxidation sites excluding steroid dienone is 1. The summed E-state index contributed by atoms with van der Waals surface area (Å²) in [4.78, 5) is 21.5. The minimum absolute atomic E-state index is 0.203. The highest BCUT2D eigenvalue weighted by atomic mass is 16.5. The van der Waals surface area contributed by atoms with Crippen LogP contribution in [0.2, 0.25) is 0 Å². The summed E-state index contributed by atoms with van der Waals surface area (Å²) in [5.74, 6) is -1.31. The lowest BCUT2D eigenvalue weighted by Crippen LogP contribution is -2.06. The molecule has 15 heavy (non-hydrogen) atoms. The Balaban J connectivity index is 3.87. The quantitative estimate of drug-likeness (QED) is 0.429. The third-order valence-corrected chi connectivity index (χ3v) is 1.89. The first kappa shape index (κ1) is 13.4. The number of hydrogen-bond donors (Lipinski definition) is 1. The van der Waals surface area contributed by atoms with Crippen LogP contribution >= 0.6 is 0 Å². The molecule has 0 fully saturated rings. The number of ether oxygens (including phenoxy) is 1. The fourth-order valence-corrected chi connectivity index (χ4v) is 0.746. The van der Waals surface area contributed by atoms with Crippen LogP contribution in [0.4, 0.5) is 0 Å². The Kier molecular flexibility index (Phi) is 6.09. The van der Waals surface area contributed by atoms with Crippen LogP contribution in [-0.2, 0) is 14.3 Å². The third-order valence-electron chi connectivity index (χ3n) is 1.89. The van der Waals surface area contributed by atoms with Crippen molar-refractivity contribution in [1.82, 2.24) is 0 Å². The Hall–Kier alpha value is -1.58. The van der Waals surface area contributed by atoms with Gasteiger partial charge in [0, 0.05) is 17.6 Å². The van der Waals surface area contributed by atoms with E-state index in [1.165, 1.54) is 13.0 Å². The maximum absolute atomic E-state index is 11.1. The summed E-state index contributed by atoms with van der Waals surface area (Å²) in [6.45, 7) is 5.13. The van der Waals surface area contributed by atoms with E-state index in [0.717, 1.165) is 0 Å². The Labute approximate surface area is 89.2 Å². The van der Waals surface area contributed by atoms with Crippen molar-refractivity contribution in [3.8, 4) is 0 Å². The predicted molar refractivity (Wildman–Crippen MR) is 56.4 cm³/mol. The smallest absolute Gasteiger partial charge is 0.333 e. The molecule has 0 atom stereocenters. The molecule has 0 bridgehead atoms. The van der Waals surface area contributed by atoms with Gasteiger partial charge in [-0.1, -0.05) is 12.2 Å². The van der Waals surface area contributed by atoms with Gasteiger partial charge in [-0.3, -0.25) is 0 Å². The monoisotopic (exact) mass is 212 g/mol. The van der Waals surface area contributed by atoms with E-state index in [0.29, 0.717) is 12.0 Å². The van der Waals surface area contributed by atoms with Crippen molar-refractivity contribution in [2.45, 2.75) is 27.2 Å². The van der Waals surface area contributed by atoms with Crippen molar-refractivity contribution < 1.29 is 19.4 Å². The van der Waals surface area contributed by atoms with Crippen molar-refractivity contribution >= 4 is 11.9 Å². The number of carboxylic acid groups (broad SMARTS) is 1. The first-order valence-electron chi connectivity index (χ1n) is 4.69. The number of esters is 1. The van der Waals surface area contributed by atoms with E-state index in [2.05, 4.69) is 0 Å². The van der Waals surface area contributed by atoms with E-state index in [4.69, 9.17) is 9.84 Å². The van der Waals surface area contributed by atoms with Crippen LogP contribution in [0, 0.1) is 0 Å². The summed E-state index contributed by atoms with van der Waals surface area (Å²) >= 11 is 0. The molecule has 0 saturated heterocycles. The summed E-state index contributed by atoms with van der Waals surface area (Å²) in [7, 11) is 0. The lowest BCUT2D eigenvalue weighted by molar-refractivity contribution is -0.138. The highest BCUT2D eigenvalue weighted by Crippen LogP contribution is 1.99. The fourth-order valence-electron chi connectivity index (χ4n) is 0.746. The molecule has 0 heterocycles. The molecule has 0 aromatic heterocycles. The van der Waals surface area contributed by atoms with Gasteiger partial charge in [-0.15, -0.1) is 0 Å². The number of hydrogen-bond acceptors (Lipinski definition) is 3. The molecule has 0 aromatic carbocycles. The maximum Gasteiger partial charge on any atom is 0.333 e. The van der Waals surface area contributed by atoms with E-state index in [1.54, 1.807) is 19.9 Å². The number of carbonyl (C=O) groups excluding carboxylic acids is 1. The first-order chi connectivity index (χ1) is 6.99. The van der Waals surface area contributed by atoms with Crippen LogP contribution in [-0.4, -0.2) is 23.7 Å². The number of carboxylic acids is 1. The van der Waals surface area contributed by atoms with E-state index < -0.39 is 5.97 Å². The maximum atomic E-state index is 11.1. The SMILES string of the molecule is CC=C(C)C(=O)OCCC=C(C)C(=O)O. The second-order valence-electron chi connectivity index (χ2n) is 3.09. The molecule has 0 amide bonds. The zero-order valence-corrected chi connectivity index (χ0v) is 9.24. The van der Waals surface area contributed by atoms with Gasteiger partial charge in [-0.2, -0.15) is 0 Å². The second kappa shape index (κ2) is 6.81. The molecule has 0 unspecified atom stereocenters. The Morgan fingerprint density at radius 1 is 1.27 bits per heavy atom. The van der Waals surface area contributed by atoms with Crippen molar-refractivity contribution in [3.63, 3.8) is 0 Å². The van der Waals surface area contributed by atoms with E-state index in [1.807, 2.05) is 0 Å². The molecule has 1 N–H and O–H groups in total. The molecule has 0 aliphatic heterocycles. The molecule has 84 valence electrons. The summed E-state index contributed by atoms with van der Waals surface area (Å²) in [5.41, 5.74) is 0.808. The molecular weight excluding hydrogens is 196 g/mol. The lowest BCUT2D eigenvalue weighted by Gasteiger charge is -2.02. The average Bonchev–Trinajstić information content (AvgIpc) is 2.22. The van der Waals surface area contributed by atoms with Gasteiger partial charge in [0.15, 0.2) is 0 Å². The molecule has 0 aliphatic carbocycles. The normalized spacial score (nSPS) is 12.5. The van der Waals surface area contributed by atoms with Gasteiger partial charge >= 0.3 is 11.9 Å². The highest BCUT2D eigenvalue weighted by molar-refractivity contribution is 5.87. The average molecular weight is 212 g/mol. The Morgan fingerprint density at radius 2 is 1.87 bits per heavy atom. The molecule has 4 nitrogen and oxygen atoms in total. The van der Waals surface area contributed by atoms with E-state index in [-0.39, 0.29) is 18.1 Å². The highest BCUT2D eigenvalue weighted by Gasteiger charge is 2.03. The molecule has 0 aromatic rings. The summed E-state index contributed by atoms with van der Waals surface area (Å²) in [5, 5.41) is 8.53. The van der Waals surface area contributed by atoms with Gasteiger partial charge in [-0.05, 0) is 20.8 Å². The fraction of sp³-hybridized carbons (Fsp3) is 0.455. The van der Waals surface area contributed by atoms with Gasteiger partial charge in [0.25, 0.3) is 0 Å². The summed E-state index contributed by atoms with van der Waals surface area (Å²) in [6, 6.07) is 0. The summed E-state index contributed by atoms with van der Waals surface area (Å²) in [6.07, 6.45) is 3.61. The van der Waals surface area contributed by atoms with Crippen LogP contribution in [0.25, 0.3) is 0 Å². The summed E-state index contributed by atoms with van der Waals surface area (Å²) < 4.78 is 4.88. The molecule has 0 aliphatic rings. The third kappa shape index (κ3) is 5.67. The Morgan fingerprint density at radius 3 is 2.33 bits per heavy atom. The van der Waals surface area contributed by atoms with Crippen molar-refractivity contribution in [3.05, 3.63) is 23.3 Å². The van der Waals surface area contributed by atoms with E-state index >= 15 is 0 Å². The Bertz CT molecular complexity index is 300. The molecular formula is C11H16O4. The zero-order valence-electron chi connectivity index (χ0n) is 9.24. The minimum atomic E-state index is -0.953.